The summed E-state index contributed by atoms with van der Waals surface area (Å²) >= 11 is 0. The van der Waals surface area contributed by atoms with Gasteiger partial charge in [0.15, 0.2) is 0 Å². The number of aliphatic imine (C=N–C) groups is 1. The molecule has 3 atom stereocenters. The number of nitrogens with one attached hydrogen (secondary N) is 2. The van der Waals surface area contributed by atoms with Gasteiger partial charge in [-0.3, -0.25) is 9.79 Å². The topological polar surface area (TPSA) is 76.6 Å². The van der Waals surface area contributed by atoms with E-state index in [1.807, 2.05) is 4.90 Å². The Balaban J connectivity index is 1.41. The van der Waals surface area contributed by atoms with E-state index in [1.54, 1.807) is 6.33 Å². The maximum atomic E-state index is 11.9. The molecule has 174 valence electrons. The highest BCUT2D eigenvalue weighted by atomic mass is 16.2. The van der Waals surface area contributed by atoms with Gasteiger partial charge < -0.3 is 20.1 Å². The lowest BCUT2D eigenvalue weighted by atomic mass is 9.77. The number of benzene rings is 1. The van der Waals surface area contributed by atoms with E-state index in [4.69, 9.17) is 4.99 Å². The third kappa shape index (κ3) is 4.28. The minimum absolute atomic E-state index is 0.116. The summed E-state index contributed by atoms with van der Waals surface area (Å²) in [6.45, 7) is 11.3. The van der Waals surface area contributed by atoms with Crippen LogP contribution >= 0.6 is 0 Å². The number of hydrogen-bond donors (Lipinski definition) is 2. The van der Waals surface area contributed by atoms with Gasteiger partial charge in [-0.15, -0.1) is 0 Å². The number of nitrogens with zero attached hydrogens (tertiary/aromatic N) is 4. The van der Waals surface area contributed by atoms with E-state index < -0.39 is 0 Å². The molecule has 0 bridgehead atoms. The van der Waals surface area contributed by atoms with Crippen LogP contribution in [0.1, 0.15) is 46.0 Å². The molecule has 7 nitrogen and oxygen atoms in total. The van der Waals surface area contributed by atoms with Crippen molar-refractivity contribution in [2.75, 3.05) is 24.5 Å². The van der Waals surface area contributed by atoms with Crippen molar-refractivity contribution in [2.45, 2.75) is 52.0 Å². The highest BCUT2D eigenvalue weighted by Gasteiger charge is 2.42. The van der Waals surface area contributed by atoms with Crippen molar-refractivity contribution in [1.29, 1.82) is 0 Å². The largest absolute Gasteiger partial charge is 0.345 e. The van der Waals surface area contributed by atoms with Crippen molar-refractivity contribution >= 4 is 28.5 Å². The molecule has 3 aliphatic rings. The van der Waals surface area contributed by atoms with Gasteiger partial charge in [0.1, 0.15) is 11.7 Å². The molecular weight excluding hydrogens is 412 g/mol. The van der Waals surface area contributed by atoms with Crippen molar-refractivity contribution in [3.05, 3.63) is 48.6 Å². The Hall–Kier alpha value is -3.09. The molecule has 2 aliphatic heterocycles. The van der Waals surface area contributed by atoms with Crippen LogP contribution < -0.4 is 10.2 Å². The van der Waals surface area contributed by atoms with E-state index >= 15 is 0 Å². The number of carbonyl (C=O) groups is 1. The zero-order chi connectivity index (χ0) is 22.9. The number of imidazole rings is 1. The van der Waals surface area contributed by atoms with E-state index in [0.717, 1.165) is 67.2 Å². The van der Waals surface area contributed by atoms with Crippen LogP contribution in [0.25, 0.3) is 11.0 Å². The van der Waals surface area contributed by atoms with E-state index in [0.29, 0.717) is 24.8 Å². The zero-order valence-electron chi connectivity index (χ0n) is 19.7. The normalized spacial score (nSPS) is 27.0. The van der Waals surface area contributed by atoms with Crippen molar-refractivity contribution < 1.29 is 4.79 Å². The second kappa shape index (κ2) is 9.04. The maximum Gasteiger partial charge on any atom is 0.222 e. The summed E-state index contributed by atoms with van der Waals surface area (Å²) in [5, 5.41) is 3.52. The van der Waals surface area contributed by atoms with Crippen molar-refractivity contribution in [3.8, 4) is 0 Å². The van der Waals surface area contributed by atoms with Gasteiger partial charge in [-0.2, -0.15) is 0 Å². The van der Waals surface area contributed by atoms with Crippen LogP contribution in [0.5, 0.6) is 0 Å². The molecular formula is C26H34N6O. The van der Waals surface area contributed by atoms with Gasteiger partial charge in [-0.25, -0.2) is 4.98 Å². The highest BCUT2D eigenvalue weighted by Crippen LogP contribution is 2.39. The lowest BCUT2D eigenvalue weighted by Gasteiger charge is -2.37. The fraction of sp³-hybridized carbons (Fsp3) is 0.500. The van der Waals surface area contributed by atoms with Crippen LogP contribution in [-0.4, -0.2) is 52.3 Å². The molecule has 0 radical (unpaired) electrons. The highest BCUT2D eigenvalue weighted by molar-refractivity contribution is 5.97. The third-order valence-electron chi connectivity index (χ3n) is 7.34. The number of amidine groups is 1. The molecule has 2 N–H and O–H groups in total. The van der Waals surface area contributed by atoms with Gasteiger partial charge in [-0.1, -0.05) is 25.2 Å². The fourth-order valence-corrected chi connectivity index (χ4v) is 5.65. The number of amides is 1. The Morgan fingerprint density at radius 2 is 2.18 bits per heavy atom. The third-order valence-corrected chi connectivity index (χ3v) is 7.34. The number of H-pyrrole nitrogens is 1. The average molecular weight is 447 g/mol. The lowest BCUT2D eigenvalue weighted by Crippen LogP contribution is -2.43. The quantitative estimate of drug-likeness (QED) is 0.515. The van der Waals surface area contributed by atoms with Gasteiger partial charge in [0.05, 0.1) is 23.4 Å². The van der Waals surface area contributed by atoms with E-state index in [1.165, 1.54) is 5.57 Å². The summed E-state index contributed by atoms with van der Waals surface area (Å²) in [6, 6.07) is 6.45. The molecule has 3 heterocycles. The van der Waals surface area contributed by atoms with E-state index in [-0.39, 0.29) is 11.9 Å². The monoisotopic (exact) mass is 446 g/mol. The van der Waals surface area contributed by atoms with Crippen LogP contribution in [0.15, 0.2) is 53.6 Å². The molecule has 33 heavy (non-hydrogen) atoms. The van der Waals surface area contributed by atoms with Crippen LogP contribution in [0, 0.1) is 11.8 Å². The van der Waals surface area contributed by atoms with E-state index in [2.05, 4.69) is 64.9 Å². The molecule has 1 aromatic heterocycles. The summed E-state index contributed by atoms with van der Waals surface area (Å²) in [6.07, 6.45) is 8.97. The minimum Gasteiger partial charge on any atom is -0.345 e. The van der Waals surface area contributed by atoms with Crippen LogP contribution in [0.2, 0.25) is 0 Å². The lowest BCUT2D eigenvalue weighted by molar-refractivity contribution is -0.127. The molecule has 2 saturated heterocycles. The van der Waals surface area contributed by atoms with Gasteiger partial charge in [0.2, 0.25) is 5.91 Å². The molecule has 5 rings (SSSR count). The van der Waals surface area contributed by atoms with Crippen molar-refractivity contribution in [2.24, 2.45) is 16.8 Å². The van der Waals surface area contributed by atoms with Gasteiger partial charge >= 0.3 is 0 Å². The van der Waals surface area contributed by atoms with Gasteiger partial charge in [0.25, 0.3) is 0 Å². The Kier molecular flexibility index (Phi) is 5.96. The molecule has 1 aromatic carbocycles. The van der Waals surface area contributed by atoms with Crippen LogP contribution in [0.3, 0.4) is 0 Å². The number of fused-ring (bicyclic) bond motifs is 1. The number of likely N-dealkylation sites (tertiary alicyclic amines) is 1. The summed E-state index contributed by atoms with van der Waals surface area (Å²) in [5.74, 6) is 3.05. The number of carbonyl (C=O) groups excluding carboxylic acids is 1. The summed E-state index contributed by atoms with van der Waals surface area (Å²) in [4.78, 5) is 28.8. The molecule has 0 saturated carbocycles. The predicted molar refractivity (Wildman–Crippen MR) is 133 cm³/mol. The first-order chi connectivity index (χ1) is 16.0. The van der Waals surface area contributed by atoms with Crippen molar-refractivity contribution in [1.82, 2.24) is 20.2 Å². The second-order valence-corrected chi connectivity index (χ2v) is 9.67. The van der Waals surface area contributed by atoms with Gasteiger partial charge in [-0.05, 0) is 62.6 Å². The smallest absolute Gasteiger partial charge is 0.222 e. The number of allylic oxidation sites excluding steroid dienone is 2. The summed E-state index contributed by atoms with van der Waals surface area (Å²) < 4.78 is 0. The number of aromatic amines is 1. The summed E-state index contributed by atoms with van der Waals surface area (Å²) in [7, 11) is 0. The molecule has 1 aliphatic carbocycles. The first kappa shape index (κ1) is 21.7. The molecule has 2 aromatic rings. The van der Waals surface area contributed by atoms with Crippen molar-refractivity contribution in [3.63, 3.8) is 0 Å². The minimum atomic E-state index is 0.116. The second-order valence-electron chi connectivity index (χ2n) is 9.67. The Morgan fingerprint density at radius 1 is 1.30 bits per heavy atom. The number of aromatic nitrogens is 2. The van der Waals surface area contributed by atoms with Crippen LogP contribution in [0.4, 0.5) is 5.69 Å². The Labute approximate surface area is 195 Å². The average Bonchev–Trinajstić information content (AvgIpc) is 3.50. The molecule has 2 fully saturated rings. The maximum absolute atomic E-state index is 11.9. The van der Waals surface area contributed by atoms with Gasteiger partial charge in [0, 0.05) is 31.7 Å². The molecule has 1 amide bonds. The van der Waals surface area contributed by atoms with E-state index in [9.17, 15) is 4.79 Å². The molecule has 3 unspecified atom stereocenters. The Bertz CT molecular complexity index is 1110. The number of rotatable bonds is 6. The molecule has 0 spiro atoms. The Morgan fingerprint density at radius 3 is 2.97 bits per heavy atom. The zero-order valence-corrected chi connectivity index (χ0v) is 19.7. The first-order valence-electron chi connectivity index (χ1n) is 12.2. The SMILES string of the molecule is C=C1NC(=NCCCN2CCCC2=O)C(C2CCC(C)=CC2C)N1c1ccc2nc[nH]c2c1. The predicted octanol–water partition coefficient (Wildman–Crippen LogP) is 4.22. The first-order valence-corrected chi connectivity index (χ1v) is 12.2. The number of anilines is 1. The standard InChI is InChI=1S/C26H34N6O/c1-17-7-9-21(18(2)14-17)25-26(27-11-5-13-31-12-4-6-24(31)33)30-19(3)32(25)20-8-10-22-23(15-20)29-16-28-22/h8,10,14-16,18,21,25H,3-7,9,11-13H2,1-2H3,(H,27,30)(H,28,29). The number of hydrogen-bond acceptors (Lipinski definition) is 4. The fourth-order valence-electron chi connectivity index (χ4n) is 5.65. The molecule has 7 heteroatoms. The summed E-state index contributed by atoms with van der Waals surface area (Å²) in [5.41, 5.74) is 4.55. The van der Waals surface area contributed by atoms with Crippen LogP contribution in [-0.2, 0) is 4.79 Å².